The van der Waals surface area contributed by atoms with Gasteiger partial charge in [-0.2, -0.15) is 0 Å². The van der Waals surface area contributed by atoms with Crippen LogP contribution in [0.25, 0.3) is 11.0 Å². The average Bonchev–Trinajstić information content (AvgIpc) is 3.14. The first kappa shape index (κ1) is 24.9. The van der Waals surface area contributed by atoms with Crippen molar-refractivity contribution >= 4 is 27.0 Å². The molecule has 2 aromatic carbocycles. The summed E-state index contributed by atoms with van der Waals surface area (Å²) in [5, 5.41) is 2.90. The minimum atomic E-state index is -3.55. The van der Waals surface area contributed by atoms with Gasteiger partial charge in [0.25, 0.3) is 0 Å². The van der Waals surface area contributed by atoms with Gasteiger partial charge >= 0.3 is 0 Å². The van der Waals surface area contributed by atoms with Gasteiger partial charge in [0.15, 0.2) is 0 Å². The van der Waals surface area contributed by atoms with E-state index in [1.165, 1.54) is 30.5 Å². The maximum Gasteiger partial charge on any atom is 0.242 e. The van der Waals surface area contributed by atoms with Crippen LogP contribution in [0.4, 0.5) is 4.39 Å². The number of unbranched alkanes of at least 4 members (excludes halogenated alkanes) is 1. The summed E-state index contributed by atoms with van der Waals surface area (Å²) in [6.07, 6.45) is 3.33. The fraction of sp³-hybridized carbons (Fsp3) is 0.417. The molecule has 0 aliphatic heterocycles. The molecular formula is C24H31FN4O3S. The van der Waals surface area contributed by atoms with Gasteiger partial charge in [0, 0.05) is 40.0 Å². The first-order valence-electron chi connectivity index (χ1n) is 11.1. The van der Waals surface area contributed by atoms with Gasteiger partial charge < -0.3 is 9.88 Å². The lowest BCUT2D eigenvalue weighted by Gasteiger charge is -2.11. The molecule has 1 N–H and O–H groups in total. The van der Waals surface area contributed by atoms with Crippen molar-refractivity contribution in [1.29, 1.82) is 0 Å². The number of hydrogen-bond acceptors (Lipinski definition) is 4. The molecular weight excluding hydrogens is 443 g/mol. The van der Waals surface area contributed by atoms with Crippen molar-refractivity contribution in [2.75, 3.05) is 20.6 Å². The lowest BCUT2D eigenvalue weighted by atomic mass is 10.1. The Bertz CT molecular complexity index is 1200. The van der Waals surface area contributed by atoms with Gasteiger partial charge in [-0.15, -0.1) is 0 Å². The first-order valence-corrected chi connectivity index (χ1v) is 12.6. The topological polar surface area (TPSA) is 84.3 Å². The zero-order chi connectivity index (χ0) is 24.0. The largest absolute Gasteiger partial charge is 0.356 e. The predicted molar refractivity (Wildman–Crippen MR) is 127 cm³/mol. The van der Waals surface area contributed by atoms with Crippen LogP contribution in [0.5, 0.6) is 0 Å². The lowest BCUT2D eigenvalue weighted by molar-refractivity contribution is -0.121. The summed E-state index contributed by atoms with van der Waals surface area (Å²) in [5.74, 6) is 0.411. The van der Waals surface area contributed by atoms with Crippen molar-refractivity contribution < 1.29 is 17.6 Å². The third-order valence-electron chi connectivity index (χ3n) is 5.54. The van der Waals surface area contributed by atoms with Crippen LogP contribution in [0.15, 0.2) is 47.4 Å². The van der Waals surface area contributed by atoms with E-state index in [2.05, 4.69) is 21.8 Å². The van der Waals surface area contributed by atoms with E-state index in [0.717, 1.165) is 36.3 Å². The van der Waals surface area contributed by atoms with E-state index in [1.54, 1.807) is 30.3 Å². The Morgan fingerprint density at radius 2 is 1.85 bits per heavy atom. The normalized spacial score (nSPS) is 11.9. The van der Waals surface area contributed by atoms with Crippen LogP contribution in [0.3, 0.4) is 0 Å². The molecule has 0 aliphatic carbocycles. The molecule has 0 atom stereocenters. The molecule has 1 amide bonds. The Morgan fingerprint density at radius 3 is 2.52 bits per heavy atom. The van der Waals surface area contributed by atoms with E-state index in [1.807, 2.05) is 0 Å². The number of amides is 1. The van der Waals surface area contributed by atoms with Crippen molar-refractivity contribution in [3.05, 3.63) is 59.7 Å². The number of aromatic nitrogens is 2. The quantitative estimate of drug-likeness (QED) is 0.461. The Hall–Kier alpha value is -2.78. The summed E-state index contributed by atoms with van der Waals surface area (Å²) >= 11 is 0. The minimum absolute atomic E-state index is 0.0814. The first-order chi connectivity index (χ1) is 15.7. The summed E-state index contributed by atoms with van der Waals surface area (Å²) in [4.78, 5) is 17.2. The fourth-order valence-electron chi connectivity index (χ4n) is 3.60. The van der Waals surface area contributed by atoms with Crippen LogP contribution >= 0.6 is 0 Å². The Morgan fingerprint density at radius 1 is 1.12 bits per heavy atom. The second kappa shape index (κ2) is 10.9. The van der Waals surface area contributed by atoms with Gasteiger partial charge in [-0.25, -0.2) is 22.1 Å². The van der Waals surface area contributed by atoms with Crippen LogP contribution < -0.4 is 5.32 Å². The minimum Gasteiger partial charge on any atom is -0.356 e. The van der Waals surface area contributed by atoms with E-state index in [9.17, 15) is 17.6 Å². The number of rotatable bonds is 11. The van der Waals surface area contributed by atoms with E-state index in [4.69, 9.17) is 0 Å². The molecule has 1 aromatic heterocycles. The summed E-state index contributed by atoms with van der Waals surface area (Å²) in [6, 6.07) is 11.2. The van der Waals surface area contributed by atoms with Gasteiger partial charge in [-0.1, -0.05) is 25.5 Å². The van der Waals surface area contributed by atoms with E-state index in [0.29, 0.717) is 24.9 Å². The molecule has 0 fully saturated rings. The molecule has 0 spiro atoms. The smallest absolute Gasteiger partial charge is 0.242 e. The summed E-state index contributed by atoms with van der Waals surface area (Å²) < 4.78 is 41.2. The number of carbonyl (C=O) groups is 1. The Labute approximate surface area is 194 Å². The molecule has 3 aromatic rings. The third kappa shape index (κ3) is 6.17. The molecule has 9 heteroatoms. The van der Waals surface area contributed by atoms with E-state index >= 15 is 0 Å². The van der Waals surface area contributed by atoms with Crippen molar-refractivity contribution in [2.45, 2.75) is 50.5 Å². The zero-order valence-electron chi connectivity index (χ0n) is 19.3. The number of carbonyl (C=O) groups excluding carboxylic acids is 1. The van der Waals surface area contributed by atoms with Gasteiger partial charge in [-0.05, 0) is 48.7 Å². The molecule has 1 heterocycles. The third-order valence-corrected chi connectivity index (χ3v) is 7.35. The fourth-order valence-corrected chi connectivity index (χ4v) is 4.52. The number of aryl methyl sites for hydroxylation is 2. The number of fused-ring (bicyclic) bond motifs is 1. The van der Waals surface area contributed by atoms with Gasteiger partial charge in [-0.3, -0.25) is 4.79 Å². The number of benzene rings is 2. The molecule has 33 heavy (non-hydrogen) atoms. The number of halogens is 1. The number of hydrogen-bond donors (Lipinski definition) is 1. The lowest BCUT2D eigenvalue weighted by Crippen LogP contribution is -2.26. The van der Waals surface area contributed by atoms with Crippen LogP contribution in [-0.4, -0.2) is 48.8 Å². The second-order valence-corrected chi connectivity index (χ2v) is 10.3. The zero-order valence-corrected chi connectivity index (χ0v) is 20.2. The highest BCUT2D eigenvalue weighted by Gasteiger charge is 2.20. The molecule has 0 bridgehead atoms. The maximum absolute atomic E-state index is 13.0. The molecule has 0 saturated carbocycles. The molecule has 0 aliphatic rings. The highest BCUT2D eigenvalue weighted by Crippen LogP contribution is 2.23. The van der Waals surface area contributed by atoms with Crippen molar-refractivity contribution in [3.8, 4) is 0 Å². The number of nitrogens with zero attached hydrogens (tertiary/aromatic N) is 3. The molecule has 0 unspecified atom stereocenters. The molecule has 178 valence electrons. The standard InChI is InChI=1S/C24H31FN4O3S/c1-4-5-16-29-22-11-10-20(33(31,32)28(2)3)17-21(22)27-23(29)12-13-24(30)26-15-14-18-6-8-19(25)9-7-18/h6-11,17H,4-5,12-16H2,1-3H3,(H,26,30). The Balaban J connectivity index is 1.69. The summed E-state index contributed by atoms with van der Waals surface area (Å²) in [6.45, 7) is 3.34. The monoisotopic (exact) mass is 474 g/mol. The van der Waals surface area contributed by atoms with Crippen LogP contribution in [0.2, 0.25) is 0 Å². The van der Waals surface area contributed by atoms with Crippen LogP contribution in [0, 0.1) is 5.82 Å². The molecule has 0 saturated heterocycles. The Kier molecular flexibility index (Phi) is 8.20. The van der Waals surface area contributed by atoms with Crippen molar-refractivity contribution in [2.24, 2.45) is 0 Å². The maximum atomic E-state index is 13.0. The van der Waals surface area contributed by atoms with E-state index < -0.39 is 10.0 Å². The van der Waals surface area contributed by atoms with Gasteiger partial charge in [0.05, 0.1) is 15.9 Å². The number of imidazole rings is 1. The number of sulfonamides is 1. The number of nitrogens with one attached hydrogen (secondary N) is 1. The van der Waals surface area contributed by atoms with Crippen molar-refractivity contribution in [1.82, 2.24) is 19.2 Å². The van der Waals surface area contributed by atoms with Crippen LogP contribution in [0.1, 0.15) is 37.6 Å². The van der Waals surface area contributed by atoms with E-state index in [-0.39, 0.29) is 23.0 Å². The highest BCUT2D eigenvalue weighted by atomic mass is 32.2. The highest BCUT2D eigenvalue weighted by molar-refractivity contribution is 7.89. The molecule has 7 nitrogen and oxygen atoms in total. The van der Waals surface area contributed by atoms with Crippen LogP contribution in [-0.2, 0) is 34.2 Å². The predicted octanol–water partition coefficient (Wildman–Crippen LogP) is 3.52. The molecule has 3 rings (SSSR count). The average molecular weight is 475 g/mol. The molecule has 0 radical (unpaired) electrons. The second-order valence-electron chi connectivity index (χ2n) is 8.20. The van der Waals surface area contributed by atoms with Gasteiger partial charge in [0.2, 0.25) is 15.9 Å². The summed E-state index contributed by atoms with van der Waals surface area (Å²) in [7, 11) is -0.552. The van der Waals surface area contributed by atoms with Gasteiger partial charge in [0.1, 0.15) is 11.6 Å². The summed E-state index contributed by atoms with van der Waals surface area (Å²) in [5.41, 5.74) is 2.44. The SMILES string of the molecule is CCCCn1c(CCC(=O)NCCc2ccc(F)cc2)nc2cc(S(=O)(=O)N(C)C)ccc21. The van der Waals surface area contributed by atoms with Crippen molar-refractivity contribution in [3.63, 3.8) is 0 Å².